The Bertz CT molecular complexity index is 1860. The summed E-state index contributed by atoms with van der Waals surface area (Å²) in [4.78, 5) is 20.0. The Morgan fingerprint density at radius 3 is 2.33 bits per heavy atom. The van der Waals surface area contributed by atoms with E-state index in [2.05, 4.69) is 75.2 Å². The van der Waals surface area contributed by atoms with E-state index in [0.29, 0.717) is 31.1 Å². The Morgan fingerprint density at radius 2 is 1.59 bits per heavy atom. The summed E-state index contributed by atoms with van der Waals surface area (Å²) in [6.45, 7) is 9.41. The first-order valence-electron chi connectivity index (χ1n) is 15.4. The number of aromatic nitrogens is 2. The molecule has 0 fully saturated rings. The lowest BCUT2D eigenvalue weighted by Gasteiger charge is -2.22. The van der Waals surface area contributed by atoms with Gasteiger partial charge in [0.05, 0.1) is 17.3 Å². The van der Waals surface area contributed by atoms with E-state index in [1.54, 1.807) is 6.33 Å². The quantitative estimate of drug-likeness (QED) is 0.0753. The molecule has 0 atom stereocenters. The highest BCUT2D eigenvalue weighted by atomic mass is 35.5. The van der Waals surface area contributed by atoms with Gasteiger partial charge < -0.3 is 15.4 Å². The van der Waals surface area contributed by atoms with Crippen molar-refractivity contribution < 1.29 is 9.53 Å². The molecule has 0 saturated carbocycles. The number of hydrogen-bond donors (Lipinski definition) is 2. The van der Waals surface area contributed by atoms with Gasteiger partial charge in [0.2, 0.25) is 6.41 Å². The molecular formula is C38H38Cl2N4O2. The van der Waals surface area contributed by atoms with E-state index < -0.39 is 0 Å². The predicted octanol–water partition coefficient (Wildman–Crippen LogP) is 9.39. The van der Waals surface area contributed by atoms with Crippen molar-refractivity contribution in [1.82, 2.24) is 15.3 Å². The Hall–Kier alpha value is -4.39. The van der Waals surface area contributed by atoms with Crippen LogP contribution in [0.5, 0.6) is 5.75 Å². The summed E-state index contributed by atoms with van der Waals surface area (Å²) in [7, 11) is 0. The number of anilines is 1. The van der Waals surface area contributed by atoms with Crippen molar-refractivity contribution in [2.75, 3.05) is 25.0 Å². The molecule has 0 aliphatic rings. The van der Waals surface area contributed by atoms with Crippen LogP contribution in [0.25, 0.3) is 33.5 Å². The average molecular weight is 654 g/mol. The van der Waals surface area contributed by atoms with Crippen LogP contribution in [-0.2, 0) is 4.79 Å². The average Bonchev–Trinajstić information content (AvgIpc) is 3.04. The van der Waals surface area contributed by atoms with Crippen LogP contribution in [-0.4, -0.2) is 36.1 Å². The van der Waals surface area contributed by atoms with Gasteiger partial charge in [0.15, 0.2) is 0 Å². The second-order valence-electron chi connectivity index (χ2n) is 11.3. The number of benzene rings is 4. The number of halogens is 2. The van der Waals surface area contributed by atoms with Crippen LogP contribution in [0.3, 0.4) is 0 Å². The smallest absolute Gasteiger partial charge is 0.207 e. The predicted molar refractivity (Wildman–Crippen MR) is 192 cm³/mol. The first-order valence-corrected chi connectivity index (χ1v) is 16.1. The maximum atomic E-state index is 11.0. The molecule has 4 aromatic carbocycles. The number of carbonyl (C=O) groups excluding carboxylic acids is 1. The molecule has 5 rings (SSSR count). The van der Waals surface area contributed by atoms with Crippen LogP contribution in [0.4, 0.5) is 5.69 Å². The third-order valence-corrected chi connectivity index (χ3v) is 8.96. The lowest BCUT2D eigenvalue weighted by atomic mass is 9.90. The molecule has 0 bridgehead atoms. The van der Waals surface area contributed by atoms with Crippen LogP contribution in [0.1, 0.15) is 46.5 Å². The zero-order valence-electron chi connectivity index (χ0n) is 26.6. The Labute approximate surface area is 280 Å². The first kappa shape index (κ1) is 33.0. The number of amides is 1. The van der Waals surface area contributed by atoms with Gasteiger partial charge in [0.1, 0.15) is 12.1 Å². The van der Waals surface area contributed by atoms with Gasteiger partial charge in [-0.1, -0.05) is 77.8 Å². The lowest BCUT2D eigenvalue weighted by molar-refractivity contribution is -0.109. The van der Waals surface area contributed by atoms with Gasteiger partial charge in [-0.3, -0.25) is 4.79 Å². The fraction of sp³-hybridized carbons (Fsp3) is 0.237. The second-order valence-corrected chi connectivity index (χ2v) is 12.1. The van der Waals surface area contributed by atoms with E-state index in [1.807, 2.05) is 45.9 Å². The fourth-order valence-corrected chi connectivity index (χ4v) is 6.20. The SMILES string of the molecule is Cc1cc(OCCC/C(=C\c2cccc3ccccc23)c2ccc(Cl)c(-c3c(C)ncnc3C)c2NCCNC=O)cc(C)c1Cl. The van der Waals surface area contributed by atoms with Crippen LogP contribution < -0.4 is 15.4 Å². The topological polar surface area (TPSA) is 76.1 Å². The molecule has 0 aliphatic heterocycles. The summed E-state index contributed by atoms with van der Waals surface area (Å²) in [6.07, 6.45) is 6.05. The summed E-state index contributed by atoms with van der Waals surface area (Å²) >= 11 is 13.4. The van der Waals surface area contributed by atoms with Crippen molar-refractivity contribution in [3.05, 3.63) is 117 Å². The van der Waals surface area contributed by atoms with Gasteiger partial charge in [0.25, 0.3) is 0 Å². The third kappa shape index (κ3) is 7.52. The summed E-state index contributed by atoms with van der Waals surface area (Å²) in [5.74, 6) is 0.813. The number of nitrogens with zero attached hydrogens (tertiary/aromatic N) is 2. The highest BCUT2D eigenvalue weighted by molar-refractivity contribution is 6.34. The molecule has 0 aliphatic carbocycles. The summed E-state index contributed by atoms with van der Waals surface area (Å²) < 4.78 is 6.21. The van der Waals surface area contributed by atoms with Crippen molar-refractivity contribution in [1.29, 1.82) is 0 Å². The van der Waals surface area contributed by atoms with E-state index in [-0.39, 0.29) is 0 Å². The molecule has 0 spiro atoms. The molecule has 1 heterocycles. The van der Waals surface area contributed by atoms with Crippen LogP contribution in [0, 0.1) is 27.7 Å². The van der Waals surface area contributed by atoms with Gasteiger partial charge in [-0.25, -0.2) is 9.97 Å². The molecule has 0 unspecified atom stereocenters. The molecule has 6 nitrogen and oxygen atoms in total. The van der Waals surface area contributed by atoms with Crippen LogP contribution in [0.15, 0.2) is 73.1 Å². The zero-order chi connectivity index (χ0) is 32.6. The number of allylic oxidation sites excluding steroid dienone is 1. The van der Waals surface area contributed by atoms with Gasteiger partial charge in [-0.05, 0) is 91.8 Å². The molecule has 236 valence electrons. The second kappa shape index (κ2) is 15.3. The number of ether oxygens (including phenoxy) is 1. The fourth-order valence-electron chi connectivity index (χ4n) is 5.84. The van der Waals surface area contributed by atoms with Gasteiger partial charge >= 0.3 is 0 Å². The number of carbonyl (C=O) groups is 1. The van der Waals surface area contributed by atoms with Crippen LogP contribution >= 0.6 is 23.2 Å². The Balaban J connectivity index is 1.60. The molecule has 5 aromatic rings. The van der Waals surface area contributed by atoms with Crippen LogP contribution in [0.2, 0.25) is 10.0 Å². The lowest BCUT2D eigenvalue weighted by Crippen LogP contribution is -2.21. The molecule has 1 amide bonds. The standard InChI is InChI=1S/C38H38Cl2N4O2/c1-24-19-31(20-25(2)37(24)40)46-18-8-12-30(21-29-11-7-10-28-9-5-6-13-32(28)29)33-14-15-34(39)36(38(33)42-17-16-41-23-45)35-26(3)43-22-44-27(35)4/h5-7,9-11,13-15,19-23,42H,8,12,16-18H2,1-4H3,(H,41,45)/b30-21+. The zero-order valence-corrected chi connectivity index (χ0v) is 28.1. The van der Waals surface area contributed by atoms with Gasteiger partial charge in [-0.15, -0.1) is 0 Å². The van der Waals surface area contributed by atoms with Crippen molar-refractivity contribution in [2.45, 2.75) is 40.5 Å². The Kier molecular flexibility index (Phi) is 10.9. The number of fused-ring (bicyclic) bond motifs is 1. The minimum atomic E-state index is 0.453. The molecule has 0 saturated heterocycles. The van der Waals surface area contributed by atoms with Crippen molar-refractivity contribution in [3.63, 3.8) is 0 Å². The summed E-state index contributed by atoms with van der Waals surface area (Å²) in [5.41, 5.74) is 9.53. The van der Waals surface area contributed by atoms with E-state index in [4.69, 9.17) is 27.9 Å². The largest absolute Gasteiger partial charge is 0.494 e. The summed E-state index contributed by atoms with van der Waals surface area (Å²) in [6, 6.07) is 22.7. The van der Waals surface area contributed by atoms with E-state index >= 15 is 0 Å². The van der Waals surface area contributed by atoms with Gasteiger partial charge in [0, 0.05) is 46.2 Å². The minimum absolute atomic E-state index is 0.453. The molecule has 8 heteroatoms. The number of rotatable bonds is 13. The minimum Gasteiger partial charge on any atom is -0.494 e. The first-order chi connectivity index (χ1) is 22.3. The van der Waals surface area contributed by atoms with Crippen molar-refractivity contribution in [3.8, 4) is 16.9 Å². The maximum absolute atomic E-state index is 11.0. The highest BCUT2D eigenvalue weighted by Crippen LogP contribution is 2.43. The number of nitrogens with one attached hydrogen (secondary N) is 2. The molecule has 0 radical (unpaired) electrons. The molecule has 1 aromatic heterocycles. The molecular weight excluding hydrogens is 615 g/mol. The molecule has 2 N–H and O–H groups in total. The van der Waals surface area contributed by atoms with Crippen molar-refractivity contribution >= 4 is 57.7 Å². The van der Waals surface area contributed by atoms with E-state index in [9.17, 15) is 4.79 Å². The maximum Gasteiger partial charge on any atom is 0.207 e. The Morgan fingerprint density at radius 1 is 0.870 bits per heavy atom. The highest BCUT2D eigenvalue weighted by Gasteiger charge is 2.21. The normalized spacial score (nSPS) is 11.5. The van der Waals surface area contributed by atoms with Crippen molar-refractivity contribution in [2.24, 2.45) is 0 Å². The van der Waals surface area contributed by atoms with Gasteiger partial charge in [-0.2, -0.15) is 0 Å². The van der Waals surface area contributed by atoms with E-state index in [1.165, 1.54) is 10.8 Å². The molecule has 46 heavy (non-hydrogen) atoms. The third-order valence-electron chi connectivity index (χ3n) is 8.05. The summed E-state index contributed by atoms with van der Waals surface area (Å²) in [5, 5.41) is 10.1. The number of hydrogen-bond acceptors (Lipinski definition) is 5. The monoisotopic (exact) mass is 652 g/mol. The van der Waals surface area contributed by atoms with E-state index in [0.717, 1.165) is 79.6 Å². The number of aryl methyl sites for hydroxylation is 4.